The molecule has 2 N–H and O–H groups in total. The van der Waals surface area contributed by atoms with E-state index in [0.717, 1.165) is 16.7 Å². The number of hydroxylamine groups is 1. The minimum absolute atomic E-state index is 0.170. The summed E-state index contributed by atoms with van der Waals surface area (Å²) >= 11 is 0. The Labute approximate surface area is 173 Å². The molecule has 0 radical (unpaired) electrons. The van der Waals surface area contributed by atoms with Crippen LogP contribution in [0.3, 0.4) is 0 Å². The van der Waals surface area contributed by atoms with Crippen LogP contribution in [0.1, 0.15) is 21.5 Å². The number of amides is 1. The zero-order chi connectivity index (χ0) is 21.3. The Hall–Kier alpha value is -3.07. The van der Waals surface area contributed by atoms with Crippen LogP contribution in [-0.2, 0) is 23.0 Å². The Kier molecular flexibility index (Phi) is 5.38. The fourth-order valence-corrected chi connectivity index (χ4v) is 5.03. The first kappa shape index (κ1) is 20.2. The topological polar surface area (TPSA) is 86.7 Å². The summed E-state index contributed by atoms with van der Waals surface area (Å²) in [6.45, 7) is 0.472. The minimum Gasteiger partial charge on any atom is -0.288 e. The number of hydrogen-bond acceptors (Lipinski definition) is 4. The second-order valence-corrected chi connectivity index (χ2v) is 8.99. The van der Waals surface area contributed by atoms with Crippen molar-refractivity contribution >= 4 is 15.9 Å². The lowest BCUT2D eigenvalue weighted by Crippen LogP contribution is -2.36. The lowest BCUT2D eigenvalue weighted by Gasteiger charge is -2.28. The Morgan fingerprint density at radius 2 is 1.73 bits per heavy atom. The van der Waals surface area contributed by atoms with Gasteiger partial charge in [0.25, 0.3) is 5.91 Å². The molecule has 0 atom stereocenters. The molecule has 1 aliphatic rings. The molecule has 0 saturated heterocycles. The summed E-state index contributed by atoms with van der Waals surface area (Å²) in [6, 6.07) is 17.4. The van der Waals surface area contributed by atoms with Crippen LogP contribution in [0.15, 0.2) is 71.6 Å². The van der Waals surface area contributed by atoms with Gasteiger partial charge in [-0.25, -0.2) is 18.3 Å². The van der Waals surface area contributed by atoms with E-state index in [0.29, 0.717) is 17.5 Å². The van der Waals surface area contributed by atoms with Gasteiger partial charge >= 0.3 is 0 Å². The molecule has 6 nitrogen and oxygen atoms in total. The van der Waals surface area contributed by atoms with Gasteiger partial charge in [-0.15, -0.1) is 0 Å². The van der Waals surface area contributed by atoms with Crippen molar-refractivity contribution in [1.82, 2.24) is 9.79 Å². The molecule has 30 heavy (non-hydrogen) atoms. The van der Waals surface area contributed by atoms with Gasteiger partial charge < -0.3 is 0 Å². The molecular formula is C22H19FN2O4S. The van der Waals surface area contributed by atoms with Crippen LogP contribution in [0, 0.1) is 5.82 Å². The maximum absolute atomic E-state index is 13.2. The first-order valence-corrected chi connectivity index (χ1v) is 10.7. The second-order valence-electron chi connectivity index (χ2n) is 7.05. The van der Waals surface area contributed by atoms with Crippen LogP contribution >= 0.6 is 0 Å². The van der Waals surface area contributed by atoms with E-state index < -0.39 is 15.9 Å². The summed E-state index contributed by atoms with van der Waals surface area (Å²) < 4.78 is 41.0. The highest BCUT2D eigenvalue weighted by atomic mass is 32.2. The number of halogens is 1. The normalized spacial score (nSPS) is 14.2. The molecule has 3 aromatic rings. The van der Waals surface area contributed by atoms with Crippen molar-refractivity contribution in [3.05, 3.63) is 89.2 Å². The molecule has 0 unspecified atom stereocenters. The number of fused-ring (bicyclic) bond motifs is 1. The maximum Gasteiger partial charge on any atom is 0.274 e. The fraction of sp³-hybridized carbons (Fsp3) is 0.136. The third-order valence-corrected chi connectivity index (χ3v) is 7.04. The average molecular weight is 426 g/mol. The molecule has 0 saturated carbocycles. The van der Waals surface area contributed by atoms with Crippen molar-refractivity contribution in [3.63, 3.8) is 0 Å². The van der Waals surface area contributed by atoms with E-state index in [4.69, 9.17) is 5.21 Å². The average Bonchev–Trinajstić information content (AvgIpc) is 2.78. The molecule has 0 spiro atoms. The largest absolute Gasteiger partial charge is 0.288 e. The number of benzene rings is 3. The van der Waals surface area contributed by atoms with Crippen molar-refractivity contribution in [2.75, 3.05) is 6.54 Å². The minimum atomic E-state index is -3.73. The summed E-state index contributed by atoms with van der Waals surface area (Å²) in [5.74, 6) is -0.959. The highest BCUT2D eigenvalue weighted by molar-refractivity contribution is 7.89. The number of nitrogens with one attached hydrogen (secondary N) is 1. The Morgan fingerprint density at radius 3 is 2.47 bits per heavy atom. The van der Waals surface area contributed by atoms with E-state index >= 15 is 0 Å². The number of rotatable bonds is 4. The van der Waals surface area contributed by atoms with Gasteiger partial charge in [0.1, 0.15) is 5.82 Å². The summed E-state index contributed by atoms with van der Waals surface area (Å²) in [5.41, 5.74) is 5.03. The van der Waals surface area contributed by atoms with Crippen LogP contribution in [0.4, 0.5) is 4.39 Å². The quantitative estimate of drug-likeness (QED) is 0.495. The van der Waals surface area contributed by atoms with Gasteiger partial charge in [0.2, 0.25) is 10.0 Å². The molecular weight excluding hydrogens is 407 g/mol. The third-order valence-electron chi connectivity index (χ3n) is 5.20. The van der Waals surface area contributed by atoms with E-state index in [1.54, 1.807) is 60.1 Å². The molecule has 0 aliphatic carbocycles. The number of hydrogen-bond donors (Lipinski definition) is 2. The lowest BCUT2D eigenvalue weighted by molar-refractivity contribution is 0.0706. The van der Waals surface area contributed by atoms with Crippen molar-refractivity contribution in [3.8, 4) is 11.1 Å². The number of sulfonamides is 1. The molecule has 1 amide bonds. The Bertz CT molecular complexity index is 1210. The molecule has 1 heterocycles. The predicted octanol–water partition coefficient (Wildman–Crippen LogP) is 3.36. The van der Waals surface area contributed by atoms with Gasteiger partial charge in [-0.2, -0.15) is 4.31 Å². The van der Waals surface area contributed by atoms with Crippen molar-refractivity contribution in [2.45, 2.75) is 17.9 Å². The predicted molar refractivity (Wildman–Crippen MR) is 109 cm³/mol. The van der Waals surface area contributed by atoms with Gasteiger partial charge in [0.15, 0.2) is 0 Å². The van der Waals surface area contributed by atoms with E-state index in [1.165, 1.54) is 16.4 Å². The summed E-state index contributed by atoms with van der Waals surface area (Å²) in [5, 5.41) is 8.78. The molecule has 8 heteroatoms. The molecule has 154 valence electrons. The molecule has 1 aliphatic heterocycles. The fourth-order valence-electron chi connectivity index (χ4n) is 3.57. The Morgan fingerprint density at radius 1 is 0.967 bits per heavy atom. The van der Waals surface area contributed by atoms with E-state index in [9.17, 15) is 17.6 Å². The van der Waals surface area contributed by atoms with E-state index in [2.05, 4.69) is 0 Å². The van der Waals surface area contributed by atoms with Crippen LogP contribution < -0.4 is 5.48 Å². The highest BCUT2D eigenvalue weighted by Gasteiger charge is 2.29. The first-order valence-electron chi connectivity index (χ1n) is 9.31. The zero-order valence-electron chi connectivity index (χ0n) is 15.9. The van der Waals surface area contributed by atoms with Crippen LogP contribution in [-0.4, -0.2) is 30.4 Å². The van der Waals surface area contributed by atoms with E-state index in [-0.39, 0.29) is 23.8 Å². The van der Waals surface area contributed by atoms with Crippen molar-refractivity contribution in [2.24, 2.45) is 0 Å². The number of carbonyl (C=O) groups is 1. The molecule has 3 aromatic carbocycles. The van der Waals surface area contributed by atoms with E-state index in [1.807, 2.05) is 0 Å². The van der Waals surface area contributed by atoms with Gasteiger partial charge in [-0.1, -0.05) is 30.3 Å². The zero-order valence-corrected chi connectivity index (χ0v) is 16.7. The molecule has 0 fully saturated rings. The van der Waals surface area contributed by atoms with Gasteiger partial charge in [0.05, 0.1) is 4.90 Å². The van der Waals surface area contributed by atoms with Gasteiger partial charge in [0, 0.05) is 18.7 Å². The SMILES string of the molecule is O=C(NO)c1ccc2c(c1)CCN(S(=O)(=O)c1cccc(-c3ccc(F)cc3)c1)C2. The summed E-state index contributed by atoms with van der Waals surface area (Å²) in [4.78, 5) is 11.8. The van der Waals surface area contributed by atoms with Crippen LogP contribution in [0.25, 0.3) is 11.1 Å². The van der Waals surface area contributed by atoms with Crippen molar-refractivity contribution < 1.29 is 22.8 Å². The van der Waals surface area contributed by atoms with Gasteiger partial charge in [-0.3, -0.25) is 10.0 Å². The second kappa shape index (κ2) is 7.98. The first-order chi connectivity index (χ1) is 14.4. The summed E-state index contributed by atoms with van der Waals surface area (Å²) in [7, 11) is -3.73. The Balaban J connectivity index is 1.61. The molecule has 4 rings (SSSR count). The third kappa shape index (κ3) is 3.85. The van der Waals surface area contributed by atoms with Crippen LogP contribution in [0.5, 0.6) is 0 Å². The lowest BCUT2D eigenvalue weighted by atomic mass is 9.98. The monoisotopic (exact) mass is 426 g/mol. The molecule has 0 aromatic heterocycles. The van der Waals surface area contributed by atoms with Crippen LogP contribution in [0.2, 0.25) is 0 Å². The number of nitrogens with zero attached hydrogens (tertiary/aromatic N) is 1. The smallest absolute Gasteiger partial charge is 0.274 e. The number of carbonyl (C=O) groups excluding carboxylic acids is 1. The standard InChI is InChI=1S/C22H19FN2O4S/c23-20-8-6-15(7-9-20)16-2-1-3-21(13-16)30(28,29)25-11-10-17-12-18(22(26)24-27)4-5-19(17)14-25/h1-9,12-13,27H,10-11,14H2,(H,24,26). The molecule has 0 bridgehead atoms. The summed E-state index contributed by atoms with van der Waals surface area (Å²) in [6.07, 6.45) is 0.457. The highest BCUT2D eigenvalue weighted by Crippen LogP contribution is 2.28. The van der Waals surface area contributed by atoms with Gasteiger partial charge in [-0.05, 0) is 65.1 Å². The maximum atomic E-state index is 13.2. The van der Waals surface area contributed by atoms with Crippen molar-refractivity contribution in [1.29, 1.82) is 0 Å².